The second-order valence-corrected chi connectivity index (χ2v) is 10.2. The molecule has 2 aromatic rings. The van der Waals surface area contributed by atoms with Crippen LogP contribution < -0.4 is 5.32 Å². The maximum Gasteiger partial charge on any atom is 0.315 e. The Bertz CT molecular complexity index is 1200. The van der Waals surface area contributed by atoms with E-state index in [0.717, 1.165) is 0 Å². The number of ether oxygens (including phenoxy) is 1. The number of methoxy groups -OCH3 is 1. The van der Waals surface area contributed by atoms with Crippen LogP contribution in [0.4, 0.5) is 5.82 Å². The number of rotatable bonds is 3. The van der Waals surface area contributed by atoms with Gasteiger partial charge in [0.1, 0.15) is 5.82 Å². The van der Waals surface area contributed by atoms with Crippen molar-refractivity contribution in [2.75, 3.05) is 25.5 Å². The zero-order chi connectivity index (χ0) is 23.0. The lowest BCUT2D eigenvalue weighted by atomic mass is 9.97. The Kier molecular flexibility index (Phi) is 5.95. The zero-order valence-electron chi connectivity index (χ0n) is 17.2. The Morgan fingerprint density at radius 1 is 1.19 bits per heavy atom. The van der Waals surface area contributed by atoms with Crippen molar-refractivity contribution in [1.29, 1.82) is 0 Å². The molecule has 1 N–H and O–H groups in total. The van der Waals surface area contributed by atoms with Gasteiger partial charge in [-0.25, -0.2) is 13.1 Å². The molecule has 4 rings (SSSR count). The van der Waals surface area contributed by atoms with Crippen LogP contribution in [0.5, 0.6) is 0 Å². The summed E-state index contributed by atoms with van der Waals surface area (Å²) in [4.78, 5) is 38.6. The number of anilines is 1. The third-order valence-corrected chi connectivity index (χ3v) is 7.26. The summed E-state index contributed by atoms with van der Waals surface area (Å²) in [5, 5.41) is 7.35. The number of halogens is 1. The third kappa shape index (κ3) is 4.35. The van der Waals surface area contributed by atoms with Crippen molar-refractivity contribution in [3.05, 3.63) is 40.5 Å². The standard InChI is InChI=1S/C20H21ClN4O6S/c1-31-20(28)12-5-7-24(8-6-12)19(27)18(26)22-17-15-10-32(29,30)11-16(15)23-25(17)14-4-2-3-13(21)9-14/h2-4,9,12H,5-8,10-11H2,1H3,(H,22,26). The molecule has 0 spiro atoms. The monoisotopic (exact) mass is 480 g/mol. The van der Waals surface area contributed by atoms with Gasteiger partial charge in [0.25, 0.3) is 0 Å². The predicted octanol–water partition coefficient (Wildman–Crippen LogP) is 1.30. The number of carbonyl (C=O) groups excluding carboxylic acids is 3. The van der Waals surface area contributed by atoms with Crippen LogP contribution in [0.3, 0.4) is 0 Å². The van der Waals surface area contributed by atoms with Crippen LogP contribution in [-0.4, -0.2) is 61.1 Å². The third-order valence-electron chi connectivity index (χ3n) is 5.58. The fraction of sp³-hybridized carbons (Fsp3) is 0.400. The molecule has 0 bridgehead atoms. The number of aromatic nitrogens is 2. The van der Waals surface area contributed by atoms with E-state index in [2.05, 4.69) is 10.4 Å². The van der Waals surface area contributed by atoms with Crippen LogP contribution in [0.25, 0.3) is 5.69 Å². The molecule has 170 valence electrons. The summed E-state index contributed by atoms with van der Waals surface area (Å²) >= 11 is 6.07. The van der Waals surface area contributed by atoms with Crippen LogP contribution >= 0.6 is 11.6 Å². The van der Waals surface area contributed by atoms with Gasteiger partial charge in [-0.2, -0.15) is 5.10 Å². The first-order valence-electron chi connectivity index (χ1n) is 9.93. The zero-order valence-corrected chi connectivity index (χ0v) is 18.8. The number of hydrogen-bond acceptors (Lipinski definition) is 7. The van der Waals surface area contributed by atoms with Gasteiger partial charge in [-0.05, 0) is 31.0 Å². The second kappa shape index (κ2) is 8.55. The molecule has 32 heavy (non-hydrogen) atoms. The van der Waals surface area contributed by atoms with E-state index in [1.165, 1.54) is 16.7 Å². The smallest absolute Gasteiger partial charge is 0.315 e. The van der Waals surface area contributed by atoms with Gasteiger partial charge in [-0.1, -0.05) is 17.7 Å². The predicted molar refractivity (Wildman–Crippen MR) is 115 cm³/mol. The number of fused-ring (bicyclic) bond motifs is 1. The first-order chi connectivity index (χ1) is 15.2. The highest BCUT2D eigenvalue weighted by atomic mass is 35.5. The lowest BCUT2D eigenvalue weighted by molar-refractivity contribution is -0.150. The van der Waals surface area contributed by atoms with Gasteiger partial charge in [0.15, 0.2) is 9.84 Å². The number of esters is 1. The molecule has 0 aliphatic carbocycles. The van der Waals surface area contributed by atoms with E-state index in [4.69, 9.17) is 16.3 Å². The lowest BCUT2D eigenvalue weighted by Gasteiger charge is -2.30. The number of hydrogen-bond donors (Lipinski definition) is 1. The van der Waals surface area contributed by atoms with Gasteiger partial charge in [0.05, 0.1) is 35.9 Å². The Morgan fingerprint density at radius 2 is 1.91 bits per heavy atom. The van der Waals surface area contributed by atoms with Crippen LogP contribution in [0.1, 0.15) is 24.1 Å². The number of benzene rings is 1. The number of amides is 2. The highest BCUT2D eigenvalue weighted by Crippen LogP contribution is 2.33. The van der Waals surface area contributed by atoms with E-state index in [9.17, 15) is 22.8 Å². The Balaban J connectivity index is 1.56. The molecule has 12 heteroatoms. The summed E-state index contributed by atoms with van der Waals surface area (Å²) in [5.41, 5.74) is 1.20. The SMILES string of the molecule is COC(=O)C1CCN(C(=O)C(=O)Nc2c3c(nn2-c2cccc(Cl)c2)CS(=O)(=O)C3)CC1. The van der Waals surface area contributed by atoms with Crippen molar-refractivity contribution in [1.82, 2.24) is 14.7 Å². The average molecular weight is 481 g/mol. The quantitative estimate of drug-likeness (QED) is 0.518. The van der Waals surface area contributed by atoms with Crippen LogP contribution in [-0.2, 0) is 40.5 Å². The Morgan fingerprint density at radius 3 is 2.56 bits per heavy atom. The highest BCUT2D eigenvalue weighted by Gasteiger charge is 2.35. The van der Waals surface area contributed by atoms with Gasteiger partial charge in [0, 0.05) is 23.7 Å². The molecule has 2 aliphatic heterocycles. The molecule has 1 aromatic carbocycles. The molecule has 1 saturated heterocycles. The Hall–Kier alpha value is -2.92. The summed E-state index contributed by atoms with van der Waals surface area (Å²) < 4.78 is 30.3. The second-order valence-electron chi connectivity index (χ2n) is 7.74. The summed E-state index contributed by atoms with van der Waals surface area (Å²) in [6, 6.07) is 6.70. The molecule has 0 saturated carbocycles. The number of sulfone groups is 1. The maximum absolute atomic E-state index is 12.8. The molecular formula is C20H21ClN4O6S. The van der Waals surface area contributed by atoms with Gasteiger partial charge >= 0.3 is 17.8 Å². The molecule has 0 atom stereocenters. The molecule has 3 heterocycles. The van der Waals surface area contributed by atoms with Gasteiger partial charge in [-0.15, -0.1) is 0 Å². The highest BCUT2D eigenvalue weighted by molar-refractivity contribution is 7.90. The summed E-state index contributed by atoms with van der Waals surface area (Å²) in [6.45, 7) is 0.484. The topological polar surface area (TPSA) is 128 Å². The minimum atomic E-state index is -3.38. The van der Waals surface area contributed by atoms with Crippen LogP contribution in [0, 0.1) is 5.92 Å². The number of nitrogens with one attached hydrogen (secondary N) is 1. The first-order valence-corrected chi connectivity index (χ1v) is 12.1. The average Bonchev–Trinajstić information content (AvgIpc) is 3.25. The molecule has 1 aromatic heterocycles. The van der Waals surface area contributed by atoms with E-state index in [1.807, 2.05) is 0 Å². The summed E-state index contributed by atoms with van der Waals surface area (Å²) in [5.74, 6) is -2.69. The van der Waals surface area contributed by atoms with Gasteiger partial charge in [-0.3, -0.25) is 14.4 Å². The largest absolute Gasteiger partial charge is 0.469 e. The Labute approximate surface area is 189 Å². The summed E-state index contributed by atoms with van der Waals surface area (Å²) in [6.07, 6.45) is 0.805. The van der Waals surface area contributed by atoms with Crippen molar-refractivity contribution in [2.24, 2.45) is 5.92 Å². The van der Waals surface area contributed by atoms with Gasteiger partial charge in [0.2, 0.25) is 0 Å². The lowest BCUT2D eigenvalue weighted by Crippen LogP contribution is -2.45. The van der Waals surface area contributed by atoms with E-state index in [-0.39, 0.29) is 42.3 Å². The normalized spacial score (nSPS) is 17.6. The van der Waals surface area contributed by atoms with Crippen molar-refractivity contribution in [2.45, 2.75) is 24.3 Å². The first kappa shape index (κ1) is 22.3. The van der Waals surface area contributed by atoms with E-state index >= 15 is 0 Å². The minimum Gasteiger partial charge on any atom is -0.469 e. The number of nitrogens with zero attached hydrogens (tertiary/aromatic N) is 3. The van der Waals surface area contributed by atoms with Crippen molar-refractivity contribution < 1.29 is 27.5 Å². The molecule has 0 unspecified atom stereocenters. The van der Waals surface area contributed by atoms with Crippen LogP contribution in [0.2, 0.25) is 5.02 Å². The van der Waals surface area contributed by atoms with Crippen molar-refractivity contribution >= 4 is 45.0 Å². The minimum absolute atomic E-state index is 0.131. The number of piperidine rings is 1. The molecular weight excluding hydrogens is 460 g/mol. The maximum atomic E-state index is 12.8. The van der Waals surface area contributed by atoms with Crippen molar-refractivity contribution in [3.63, 3.8) is 0 Å². The van der Waals surface area contributed by atoms with Crippen molar-refractivity contribution in [3.8, 4) is 5.69 Å². The van der Waals surface area contributed by atoms with E-state index < -0.39 is 21.7 Å². The van der Waals surface area contributed by atoms with E-state index in [0.29, 0.717) is 34.8 Å². The molecule has 1 fully saturated rings. The molecule has 2 aliphatic rings. The van der Waals surface area contributed by atoms with E-state index in [1.54, 1.807) is 24.3 Å². The number of likely N-dealkylation sites (tertiary alicyclic amines) is 1. The number of carbonyl (C=O) groups is 3. The summed E-state index contributed by atoms with van der Waals surface area (Å²) in [7, 11) is -2.06. The van der Waals surface area contributed by atoms with Crippen LogP contribution in [0.15, 0.2) is 24.3 Å². The molecule has 10 nitrogen and oxygen atoms in total. The molecule has 0 radical (unpaired) electrons. The fourth-order valence-corrected chi connectivity index (χ4v) is 5.63. The van der Waals surface area contributed by atoms with Gasteiger partial charge < -0.3 is 15.0 Å². The fourth-order valence-electron chi connectivity index (χ4n) is 3.96. The molecule has 2 amide bonds.